The Labute approximate surface area is 162 Å². The van der Waals surface area contributed by atoms with Gasteiger partial charge in [-0.25, -0.2) is 13.5 Å². The van der Waals surface area contributed by atoms with Crippen molar-refractivity contribution in [2.24, 2.45) is 0 Å². The summed E-state index contributed by atoms with van der Waals surface area (Å²) < 4.78 is 28.9. The molecule has 3 aromatic rings. The quantitative estimate of drug-likeness (QED) is 0.614. The summed E-state index contributed by atoms with van der Waals surface area (Å²) in [6, 6.07) is 11.2. The molecule has 0 saturated heterocycles. The molecule has 2 N–H and O–H groups in total. The molecule has 0 unspecified atom stereocenters. The number of amides is 1. The molecule has 0 radical (unpaired) electrons. The van der Waals surface area contributed by atoms with Crippen LogP contribution in [0.1, 0.15) is 18.1 Å². The fraction of sp³-hybridized carbons (Fsp3) is 0.238. The standard InChI is InChI=1S/C21H22F2N4O/c1-14-5-3-4-6-18(14)21-16(12-24-9-10-25-15(2)28)13-27(26-21)20-8-7-17(22)11-19(20)23/h3-8,11,13,24H,9-10,12H2,1-2H3,(H,25,28). The van der Waals surface area contributed by atoms with Gasteiger partial charge in [-0.1, -0.05) is 24.3 Å². The molecule has 0 spiro atoms. The second-order valence-corrected chi connectivity index (χ2v) is 6.52. The van der Waals surface area contributed by atoms with E-state index in [0.717, 1.165) is 28.5 Å². The van der Waals surface area contributed by atoms with Crippen molar-refractivity contribution in [1.29, 1.82) is 0 Å². The fourth-order valence-corrected chi connectivity index (χ4v) is 2.94. The Morgan fingerprint density at radius 1 is 1.14 bits per heavy atom. The highest BCUT2D eigenvalue weighted by atomic mass is 19.1. The first kappa shape index (κ1) is 19.7. The van der Waals surface area contributed by atoms with Crippen molar-refractivity contribution in [2.75, 3.05) is 13.1 Å². The van der Waals surface area contributed by atoms with Gasteiger partial charge in [-0.3, -0.25) is 4.79 Å². The van der Waals surface area contributed by atoms with Gasteiger partial charge in [-0.05, 0) is 24.6 Å². The van der Waals surface area contributed by atoms with Crippen LogP contribution in [0.2, 0.25) is 0 Å². The van der Waals surface area contributed by atoms with Gasteiger partial charge in [0.05, 0.1) is 5.69 Å². The minimum Gasteiger partial charge on any atom is -0.355 e. The van der Waals surface area contributed by atoms with Crippen molar-refractivity contribution < 1.29 is 13.6 Å². The lowest BCUT2D eigenvalue weighted by molar-refractivity contribution is -0.118. The zero-order valence-electron chi connectivity index (χ0n) is 15.8. The predicted molar refractivity (Wildman–Crippen MR) is 104 cm³/mol. The van der Waals surface area contributed by atoms with E-state index in [2.05, 4.69) is 15.7 Å². The molecule has 7 heteroatoms. The Morgan fingerprint density at radius 3 is 2.64 bits per heavy atom. The van der Waals surface area contributed by atoms with E-state index in [0.29, 0.717) is 19.6 Å². The van der Waals surface area contributed by atoms with Crippen LogP contribution in [0.3, 0.4) is 0 Å². The highest BCUT2D eigenvalue weighted by Gasteiger charge is 2.15. The van der Waals surface area contributed by atoms with Crippen LogP contribution in [0, 0.1) is 18.6 Å². The van der Waals surface area contributed by atoms with Gasteiger partial charge in [0.25, 0.3) is 0 Å². The second kappa shape index (κ2) is 8.75. The second-order valence-electron chi connectivity index (χ2n) is 6.52. The van der Waals surface area contributed by atoms with E-state index in [-0.39, 0.29) is 11.6 Å². The average molecular weight is 384 g/mol. The number of carbonyl (C=O) groups is 1. The number of halogens is 2. The number of aromatic nitrogens is 2. The van der Waals surface area contributed by atoms with Crippen molar-refractivity contribution in [3.63, 3.8) is 0 Å². The normalized spacial score (nSPS) is 10.9. The summed E-state index contributed by atoms with van der Waals surface area (Å²) in [6.45, 7) is 5.04. The van der Waals surface area contributed by atoms with Gasteiger partial charge in [-0.15, -0.1) is 0 Å². The molecule has 28 heavy (non-hydrogen) atoms. The van der Waals surface area contributed by atoms with Gasteiger partial charge >= 0.3 is 0 Å². The molecular formula is C21H22F2N4O. The number of nitrogens with zero attached hydrogens (tertiary/aromatic N) is 2. The van der Waals surface area contributed by atoms with E-state index in [1.807, 2.05) is 31.2 Å². The average Bonchev–Trinajstić information content (AvgIpc) is 3.05. The lowest BCUT2D eigenvalue weighted by Crippen LogP contribution is -2.29. The molecular weight excluding hydrogens is 362 g/mol. The molecule has 3 rings (SSSR count). The molecule has 0 aliphatic heterocycles. The Kier molecular flexibility index (Phi) is 6.16. The summed E-state index contributed by atoms with van der Waals surface area (Å²) in [5.41, 5.74) is 3.78. The monoisotopic (exact) mass is 384 g/mol. The number of rotatable bonds is 7. The summed E-state index contributed by atoms with van der Waals surface area (Å²) in [7, 11) is 0. The maximum atomic E-state index is 14.2. The molecule has 0 aliphatic carbocycles. The number of benzene rings is 2. The van der Waals surface area contributed by atoms with E-state index in [4.69, 9.17) is 0 Å². The van der Waals surface area contributed by atoms with E-state index in [9.17, 15) is 13.6 Å². The van der Waals surface area contributed by atoms with Crippen LogP contribution < -0.4 is 10.6 Å². The predicted octanol–water partition coefficient (Wildman–Crippen LogP) is 3.35. The van der Waals surface area contributed by atoms with Crippen LogP contribution in [0.15, 0.2) is 48.7 Å². The summed E-state index contributed by atoms with van der Waals surface area (Å²) in [6.07, 6.45) is 1.74. The first-order valence-corrected chi connectivity index (χ1v) is 9.01. The summed E-state index contributed by atoms with van der Waals surface area (Å²) in [5.74, 6) is -1.39. The van der Waals surface area contributed by atoms with Crippen LogP contribution in [-0.4, -0.2) is 28.8 Å². The molecule has 2 aromatic carbocycles. The largest absolute Gasteiger partial charge is 0.355 e. The number of hydrogen-bond acceptors (Lipinski definition) is 3. The molecule has 1 heterocycles. The van der Waals surface area contributed by atoms with Crippen molar-refractivity contribution >= 4 is 5.91 Å². The maximum Gasteiger partial charge on any atom is 0.216 e. The molecule has 0 aliphatic rings. The molecule has 1 amide bonds. The Balaban J connectivity index is 1.91. The smallest absolute Gasteiger partial charge is 0.216 e. The van der Waals surface area contributed by atoms with Gasteiger partial charge in [0.2, 0.25) is 5.91 Å². The van der Waals surface area contributed by atoms with Crippen LogP contribution >= 0.6 is 0 Å². The third-order valence-corrected chi connectivity index (χ3v) is 4.34. The third-order valence-electron chi connectivity index (χ3n) is 4.34. The molecule has 0 atom stereocenters. The van der Waals surface area contributed by atoms with Crippen molar-refractivity contribution in [2.45, 2.75) is 20.4 Å². The highest BCUT2D eigenvalue weighted by Crippen LogP contribution is 2.27. The summed E-state index contributed by atoms with van der Waals surface area (Å²) in [4.78, 5) is 11.0. The number of nitrogens with one attached hydrogen (secondary N) is 2. The van der Waals surface area contributed by atoms with E-state index in [1.165, 1.54) is 23.7 Å². The highest BCUT2D eigenvalue weighted by molar-refractivity contribution is 5.72. The SMILES string of the molecule is CC(=O)NCCNCc1cn(-c2ccc(F)cc2F)nc1-c1ccccc1C. The van der Waals surface area contributed by atoms with Gasteiger partial charge in [0.1, 0.15) is 11.5 Å². The first-order valence-electron chi connectivity index (χ1n) is 9.01. The minimum atomic E-state index is -0.677. The van der Waals surface area contributed by atoms with Gasteiger partial charge in [0, 0.05) is 49.9 Å². The van der Waals surface area contributed by atoms with Crippen molar-refractivity contribution in [3.05, 3.63) is 71.4 Å². The van der Waals surface area contributed by atoms with E-state index >= 15 is 0 Å². The van der Waals surface area contributed by atoms with Gasteiger partial charge < -0.3 is 10.6 Å². The molecule has 0 saturated carbocycles. The van der Waals surface area contributed by atoms with Crippen molar-refractivity contribution in [1.82, 2.24) is 20.4 Å². The Morgan fingerprint density at radius 2 is 1.93 bits per heavy atom. The van der Waals surface area contributed by atoms with Crippen molar-refractivity contribution in [3.8, 4) is 16.9 Å². The molecule has 5 nitrogen and oxygen atoms in total. The van der Waals surface area contributed by atoms with Crippen LogP contribution in [0.25, 0.3) is 16.9 Å². The zero-order valence-corrected chi connectivity index (χ0v) is 15.8. The number of aryl methyl sites for hydroxylation is 1. The van der Waals surface area contributed by atoms with Crippen LogP contribution in [0.5, 0.6) is 0 Å². The first-order chi connectivity index (χ1) is 13.5. The molecule has 146 valence electrons. The molecule has 0 fully saturated rings. The summed E-state index contributed by atoms with van der Waals surface area (Å²) >= 11 is 0. The summed E-state index contributed by atoms with van der Waals surface area (Å²) in [5, 5.41) is 10.6. The Bertz CT molecular complexity index is 984. The molecule has 0 bridgehead atoms. The minimum absolute atomic E-state index is 0.0815. The van der Waals surface area contributed by atoms with Gasteiger partial charge in [0.15, 0.2) is 5.82 Å². The maximum absolute atomic E-state index is 14.2. The third kappa shape index (κ3) is 4.61. The van der Waals surface area contributed by atoms with Crippen LogP contribution in [-0.2, 0) is 11.3 Å². The Hall–Kier alpha value is -3.06. The lowest BCUT2D eigenvalue weighted by Gasteiger charge is -2.07. The van der Waals surface area contributed by atoms with Crippen LogP contribution in [0.4, 0.5) is 8.78 Å². The fourth-order valence-electron chi connectivity index (χ4n) is 2.94. The topological polar surface area (TPSA) is 59.0 Å². The lowest BCUT2D eigenvalue weighted by atomic mass is 10.0. The van der Waals surface area contributed by atoms with Gasteiger partial charge in [-0.2, -0.15) is 5.10 Å². The zero-order chi connectivity index (χ0) is 20.1. The number of hydrogen-bond donors (Lipinski definition) is 2. The van der Waals surface area contributed by atoms with E-state index < -0.39 is 11.6 Å². The number of carbonyl (C=O) groups excluding carboxylic acids is 1. The van der Waals surface area contributed by atoms with E-state index in [1.54, 1.807) is 6.20 Å². The molecule has 1 aromatic heterocycles.